The van der Waals surface area contributed by atoms with E-state index in [1.807, 2.05) is 28.8 Å². The lowest BCUT2D eigenvalue weighted by atomic mass is 10.2. The Hall–Kier alpha value is -3.35. The van der Waals surface area contributed by atoms with Crippen LogP contribution in [0.3, 0.4) is 0 Å². The number of aryl methyl sites for hydroxylation is 1. The average Bonchev–Trinajstić information content (AvgIpc) is 2.92. The monoisotopic (exact) mass is 338 g/mol. The van der Waals surface area contributed by atoms with Crippen molar-refractivity contribution in [3.8, 4) is 0 Å². The third kappa shape index (κ3) is 3.60. The maximum atomic E-state index is 12.5. The molecule has 1 heterocycles. The van der Waals surface area contributed by atoms with E-state index in [0.29, 0.717) is 17.2 Å². The first-order chi connectivity index (χ1) is 12.1. The van der Waals surface area contributed by atoms with E-state index >= 15 is 0 Å². The van der Waals surface area contributed by atoms with Crippen LogP contribution in [0.1, 0.15) is 23.7 Å². The Bertz CT molecular complexity index is 933. The highest BCUT2D eigenvalue weighted by molar-refractivity contribution is 6.05. The standard InChI is InChI=1S/C18H18N4O3/c1-2-10-22-15-9-4-3-8-14(15)20-17(22)21-16(23)12-6-5-7-13(11-12)19-18(24)25/h3-9,11,19H,2,10H2,1H3,(H,24,25)(H,20,21,23). The molecule has 0 aliphatic heterocycles. The Morgan fingerprint density at radius 3 is 2.68 bits per heavy atom. The molecule has 3 N–H and O–H groups in total. The number of amides is 2. The number of carboxylic acid groups (broad SMARTS) is 1. The third-order valence-corrected chi connectivity index (χ3v) is 3.70. The Balaban J connectivity index is 1.89. The number of imidazole rings is 1. The van der Waals surface area contributed by atoms with Crippen LogP contribution >= 0.6 is 0 Å². The smallest absolute Gasteiger partial charge is 0.409 e. The molecule has 0 aliphatic rings. The van der Waals surface area contributed by atoms with Gasteiger partial charge in [-0.05, 0) is 36.8 Å². The lowest BCUT2D eigenvalue weighted by Crippen LogP contribution is -2.16. The van der Waals surface area contributed by atoms with Crippen molar-refractivity contribution in [2.75, 3.05) is 10.6 Å². The van der Waals surface area contributed by atoms with Gasteiger partial charge >= 0.3 is 6.09 Å². The SMILES string of the molecule is CCCn1c(NC(=O)c2cccc(NC(=O)O)c2)nc2ccccc21. The minimum absolute atomic E-state index is 0.335. The zero-order chi connectivity index (χ0) is 17.8. The van der Waals surface area contributed by atoms with Gasteiger partial charge in [-0.25, -0.2) is 9.78 Å². The van der Waals surface area contributed by atoms with Crippen LogP contribution in [0.25, 0.3) is 11.0 Å². The molecule has 0 aliphatic carbocycles. The fourth-order valence-electron chi connectivity index (χ4n) is 2.66. The van der Waals surface area contributed by atoms with Crippen LogP contribution in [0, 0.1) is 0 Å². The fraction of sp³-hybridized carbons (Fsp3) is 0.167. The van der Waals surface area contributed by atoms with Crippen LogP contribution in [0.4, 0.5) is 16.4 Å². The Morgan fingerprint density at radius 2 is 1.92 bits per heavy atom. The van der Waals surface area contributed by atoms with Crippen molar-refractivity contribution in [1.82, 2.24) is 9.55 Å². The van der Waals surface area contributed by atoms with Gasteiger partial charge in [0.2, 0.25) is 5.95 Å². The molecule has 7 heteroatoms. The molecule has 1 aromatic heterocycles. The van der Waals surface area contributed by atoms with Gasteiger partial charge in [0.05, 0.1) is 11.0 Å². The summed E-state index contributed by atoms with van der Waals surface area (Å²) in [5, 5.41) is 13.8. The maximum Gasteiger partial charge on any atom is 0.409 e. The number of hydrogen-bond acceptors (Lipinski definition) is 3. The number of fused-ring (bicyclic) bond motifs is 1. The van der Waals surface area contributed by atoms with E-state index in [2.05, 4.69) is 22.5 Å². The Labute approximate surface area is 144 Å². The summed E-state index contributed by atoms with van der Waals surface area (Å²) >= 11 is 0. The van der Waals surface area contributed by atoms with Gasteiger partial charge < -0.3 is 9.67 Å². The van der Waals surface area contributed by atoms with E-state index in [4.69, 9.17) is 5.11 Å². The van der Waals surface area contributed by atoms with Gasteiger partial charge in [0.1, 0.15) is 0 Å². The number of rotatable bonds is 5. The van der Waals surface area contributed by atoms with Gasteiger partial charge in [0, 0.05) is 17.8 Å². The second-order valence-corrected chi connectivity index (χ2v) is 5.54. The second kappa shape index (κ2) is 7.04. The summed E-state index contributed by atoms with van der Waals surface area (Å²) < 4.78 is 1.96. The van der Waals surface area contributed by atoms with Crippen molar-refractivity contribution in [2.24, 2.45) is 0 Å². The van der Waals surface area contributed by atoms with Gasteiger partial charge in [-0.2, -0.15) is 0 Å². The number of nitrogens with zero attached hydrogens (tertiary/aromatic N) is 2. The molecule has 0 radical (unpaired) electrons. The highest BCUT2D eigenvalue weighted by Crippen LogP contribution is 2.21. The molecule has 0 spiro atoms. The minimum Gasteiger partial charge on any atom is -0.465 e. The van der Waals surface area contributed by atoms with E-state index < -0.39 is 6.09 Å². The Kier molecular flexibility index (Phi) is 4.65. The minimum atomic E-state index is -1.18. The molecule has 0 unspecified atom stereocenters. The highest BCUT2D eigenvalue weighted by atomic mass is 16.4. The average molecular weight is 338 g/mol. The number of anilines is 2. The Morgan fingerprint density at radius 1 is 1.12 bits per heavy atom. The second-order valence-electron chi connectivity index (χ2n) is 5.54. The van der Waals surface area contributed by atoms with Crippen molar-refractivity contribution >= 4 is 34.7 Å². The number of hydrogen-bond donors (Lipinski definition) is 3. The first kappa shape index (κ1) is 16.5. The molecule has 0 atom stereocenters. The van der Waals surface area contributed by atoms with Crippen molar-refractivity contribution < 1.29 is 14.7 Å². The summed E-state index contributed by atoms with van der Waals surface area (Å²) in [7, 11) is 0. The highest BCUT2D eigenvalue weighted by Gasteiger charge is 2.14. The summed E-state index contributed by atoms with van der Waals surface area (Å²) in [6, 6.07) is 14.0. The van der Waals surface area contributed by atoms with E-state index in [1.54, 1.807) is 18.2 Å². The molecular formula is C18H18N4O3. The molecule has 0 fully saturated rings. The molecule has 2 amide bonds. The third-order valence-electron chi connectivity index (χ3n) is 3.70. The number of aromatic nitrogens is 2. The fourth-order valence-corrected chi connectivity index (χ4v) is 2.66. The zero-order valence-corrected chi connectivity index (χ0v) is 13.7. The first-order valence-corrected chi connectivity index (χ1v) is 7.95. The quantitative estimate of drug-likeness (QED) is 0.659. The lowest BCUT2D eigenvalue weighted by molar-refractivity contribution is 0.102. The summed E-state index contributed by atoms with van der Waals surface area (Å²) in [5.74, 6) is 0.131. The van der Waals surface area contributed by atoms with E-state index in [1.165, 1.54) is 6.07 Å². The van der Waals surface area contributed by atoms with Gasteiger partial charge in [0.15, 0.2) is 0 Å². The molecule has 128 valence electrons. The van der Waals surface area contributed by atoms with Gasteiger partial charge in [0.25, 0.3) is 5.91 Å². The normalized spacial score (nSPS) is 10.6. The number of carbonyl (C=O) groups is 2. The maximum absolute atomic E-state index is 12.5. The lowest BCUT2D eigenvalue weighted by Gasteiger charge is -2.09. The molecule has 25 heavy (non-hydrogen) atoms. The van der Waals surface area contributed by atoms with Gasteiger partial charge in [-0.15, -0.1) is 0 Å². The van der Waals surface area contributed by atoms with Crippen molar-refractivity contribution in [3.63, 3.8) is 0 Å². The zero-order valence-electron chi connectivity index (χ0n) is 13.7. The molecule has 0 bridgehead atoms. The molecular weight excluding hydrogens is 320 g/mol. The molecule has 3 rings (SSSR count). The van der Waals surface area contributed by atoms with Crippen molar-refractivity contribution in [1.29, 1.82) is 0 Å². The van der Waals surface area contributed by atoms with Crippen molar-refractivity contribution in [3.05, 3.63) is 54.1 Å². The van der Waals surface area contributed by atoms with Crippen LogP contribution in [-0.2, 0) is 6.54 Å². The molecule has 2 aromatic carbocycles. The van der Waals surface area contributed by atoms with Crippen molar-refractivity contribution in [2.45, 2.75) is 19.9 Å². The summed E-state index contributed by atoms with van der Waals surface area (Å²) in [5.41, 5.74) is 2.46. The van der Waals surface area contributed by atoms with Crippen LogP contribution < -0.4 is 10.6 Å². The van der Waals surface area contributed by atoms with Crippen LogP contribution in [0.15, 0.2) is 48.5 Å². The molecule has 3 aromatic rings. The van der Waals surface area contributed by atoms with Crippen LogP contribution in [-0.4, -0.2) is 26.7 Å². The largest absolute Gasteiger partial charge is 0.465 e. The predicted octanol–water partition coefficient (Wildman–Crippen LogP) is 3.79. The number of nitrogens with one attached hydrogen (secondary N) is 2. The van der Waals surface area contributed by atoms with Crippen LogP contribution in [0.2, 0.25) is 0 Å². The molecule has 0 saturated heterocycles. The predicted molar refractivity (Wildman–Crippen MR) is 96.1 cm³/mol. The van der Waals surface area contributed by atoms with E-state index in [0.717, 1.165) is 24.0 Å². The van der Waals surface area contributed by atoms with Crippen LogP contribution in [0.5, 0.6) is 0 Å². The summed E-state index contributed by atoms with van der Waals surface area (Å²) in [6.45, 7) is 2.79. The van der Waals surface area contributed by atoms with Gasteiger partial charge in [-0.1, -0.05) is 25.1 Å². The molecule has 7 nitrogen and oxygen atoms in total. The number of benzene rings is 2. The van der Waals surface area contributed by atoms with E-state index in [-0.39, 0.29) is 5.91 Å². The first-order valence-electron chi connectivity index (χ1n) is 7.95. The summed E-state index contributed by atoms with van der Waals surface area (Å²) in [4.78, 5) is 27.8. The summed E-state index contributed by atoms with van der Waals surface area (Å²) in [6.07, 6.45) is -0.274. The number of carbonyl (C=O) groups excluding carboxylic acids is 1. The van der Waals surface area contributed by atoms with E-state index in [9.17, 15) is 9.59 Å². The topological polar surface area (TPSA) is 96.2 Å². The molecule has 0 saturated carbocycles. The van der Waals surface area contributed by atoms with Gasteiger partial charge in [-0.3, -0.25) is 15.4 Å². The number of para-hydroxylation sites is 2.